The highest BCUT2D eigenvalue weighted by Gasteiger charge is 2.33. The summed E-state index contributed by atoms with van der Waals surface area (Å²) in [7, 11) is 0. The molecule has 2 nitrogen and oxygen atoms in total. The van der Waals surface area contributed by atoms with E-state index < -0.39 is 11.9 Å². The van der Waals surface area contributed by atoms with Gasteiger partial charge in [-0.3, -0.25) is 4.79 Å². The zero-order chi connectivity index (χ0) is 11.1. The van der Waals surface area contributed by atoms with Gasteiger partial charge < -0.3 is 0 Å². The number of hydrogen-bond acceptors (Lipinski definition) is 2. The number of pyridine rings is 1. The van der Waals surface area contributed by atoms with Crippen molar-refractivity contribution in [3.05, 3.63) is 29.1 Å². The lowest BCUT2D eigenvalue weighted by Crippen LogP contribution is -2.17. The van der Waals surface area contributed by atoms with E-state index in [-0.39, 0.29) is 12.2 Å². The van der Waals surface area contributed by atoms with E-state index in [9.17, 15) is 18.0 Å². The first-order valence-corrected chi connectivity index (χ1v) is 4.54. The molecule has 1 aromatic heterocycles. The quantitative estimate of drug-likeness (QED) is 0.663. The molecule has 0 N–H and O–H groups in total. The first-order chi connectivity index (χ1) is 6.97. The molecule has 0 unspecified atom stereocenters. The number of aryl methyl sites for hydroxylation is 1. The predicted molar refractivity (Wildman–Crippen MR) is 46.3 cm³/mol. The van der Waals surface area contributed by atoms with Gasteiger partial charge in [-0.1, -0.05) is 6.07 Å². The number of carbonyl (C=O) groups excluding carboxylic acids is 1. The molecule has 2 rings (SSSR count). The summed E-state index contributed by atoms with van der Waals surface area (Å²) in [4.78, 5) is 14.6. The Kier molecular flexibility index (Phi) is 2.25. The predicted octanol–water partition coefficient (Wildman–Crippen LogP) is 2.16. The maximum atomic E-state index is 12.3. The van der Waals surface area contributed by atoms with Crippen molar-refractivity contribution in [3.8, 4) is 0 Å². The number of halogens is 3. The summed E-state index contributed by atoms with van der Waals surface area (Å²) in [5, 5.41) is 0. The summed E-state index contributed by atoms with van der Waals surface area (Å²) < 4.78 is 36.9. The van der Waals surface area contributed by atoms with Gasteiger partial charge in [0.15, 0.2) is 0 Å². The lowest BCUT2D eigenvalue weighted by molar-refractivity contribution is -0.141. The standard InChI is InChI=1S/C10H8F3NO/c11-10(12,13)9-4-1-6-5-7(15)2-3-8(6)14-9/h1,4H,2-3,5H2. The Morgan fingerprint density at radius 1 is 1.20 bits per heavy atom. The number of rotatable bonds is 0. The second kappa shape index (κ2) is 3.32. The lowest BCUT2D eigenvalue weighted by Gasteiger charge is -2.15. The van der Waals surface area contributed by atoms with Crippen LogP contribution in [0.3, 0.4) is 0 Å². The third-order valence-corrected chi connectivity index (χ3v) is 2.39. The number of Topliss-reactive ketones (excluding diaryl/α,β-unsaturated/α-hetero) is 1. The van der Waals surface area contributed by atoms with Crippen LogP contribution in [0.1, 0.15) is 23.4 Å². The van der Waals surface area contributed by atoms with E-state index in [1.165, 1.54) is 6.07 Å². The second-order valence-corrected chi connectivity index (χ2v) is 3.52. The van der Waals surface area contributed by atoms with E-state index in [2.05, 4.69) is 4.98 Å². The van der Waals surface area contributed by atoms with Crippen LogP contribution in [0, 0.1) is 0 Å². The van der Waals surface area contributed by atoms with Crippen molar-refractivity contribution < 1.29 is 18.0 Å². The molecule has 0 bridgehead atoms. The number of ketones is 1. The van der Waals surface area contributed by atoms with Gasteiger partial charge in [0.05, 0.1) is 0 Å². The van der Waals surface area contributed by atoms with Gasteiger partial charge in [0.2, 0.25) is 0 Å². The third kappa shape index (κ3) is 2.00. The fraction of sp³-hybridized carbons (Fsp3) is 0.400. The molecular weight excluding hydrogens is 207 g/mol. The first kappa shape index (κ1) is 10.1. The van der Waals surface area contributed by atoms with Crippen LogP contribution in [0.15, 0.2) is 12.1 Å². The van der Waals surface area contributed by atoms with Crippen molar-refractivity contribution in [2.45, 2.75) is 25.4 Å². The molecule has 0 amide bonds. The average Bonchev–Trinajstić information content (AvgIpc) is 2.15. The van der Waals surface area contributed by atoms with Gasteiger partial charge in [-0.05, 0) is 18.1 Å². The molecule has 0 saturated carbocycles. The molecule has 0 radical (unpaired) electrons. The van der Waals surface area contributed by atoms with Crippen molar-refractivity contribution in [1.82, 2.24) is 4.98 Å². The maximum absolute atomic E-state index is 12.3. The Labute approximate surface area is 84.1 Å². The highest BCUT2D eigenvalue weighted by molar-refractivity contribution is 5.82. The van der Waals surface area contributed by atoms with Crippen molar-refractivity contribution in [2.24, 2.45) is 0 Å². The highest BCUT2D eigenvalue weighted by atomic mass is 19.4. The van der Waals surface area contributed by atoms with Gasteiger partial charge in [-0.15, -0.1) is 0 Å². The molecule has 0 aliphatic heterocycles. The van der Waals surface area contributed by atoms with Gasteiger partial charge in [0.1, 0.15) is 11.5 Å². The molecule has 1 aliphatic rings. The molecule has 0 atom stereocenters. The van der Waals surface area contributed by atoms with Crippen LogP contribution >= 0.6 is 0 Å². The largest absolute Gasteiger partial charge is 0.433 e. The molecule has 80 valence electrons. The maximum Gasteiger partial charge on any atom is 0.433 e. The van der Waals surface area contributed by atoms with Crippen LogP contribution in [0.5, 0.6) is 0 Å². The van der Waals surface area contributed by atoms with E-state index in [0.717, 1.165) is 6.07 Å². The molecule has 1 aliphatic carbocycles. The molecule has 1 heterocycles. The van der Waals surface area contributed by atoms with Gasteiger partial charge in [-0.25, -0.2) is 4.98 Å². The van der Waals surface area contributed by atoms with E-state index in [1.54, 1.807) is 0 Å². The van der Waals surface area contributed by atoms with Crippen LogP contribution in [0.4, 0.5) is 13.2 Å². The monoisotopic (exact) mass is 215 g/mol. The van der Waals surface area contributed by atoms with Crippen LogP contribution in [-0.2, 0) is 23.8 Å². The molecule has 0 fully saturated rings. The number of hydrogen-bond donors (Lipinski definition) is 0. The van der Waals surface area contributed by atoms with Gasteiger partial charge in [0.25, 0.3) is 0 Å². The summed E-state index contributed by atoms with van der Waals surface area (Å²) in [6.07, 6.45) is -3.59. The van der Waals surface area contributed by atoms with Crippen LogP contribution in [0.25, 0.3) is 0 Å². The SMILES string of the molecule is O=C1CCc2nc(C(F)(F)F)ccc2C1. The van der Waals surface area contributed by atoms with Crippen LogP contribution in [0.2, 0.25) is 0 Å². The van der Waals surface area contributed by atoms with Crippen molar-refractivity contribution >= 4 is 5.78 Å². The molecule has 1 aromatic rings. The average molecular weight is 215 g/mol. The van der Waals surface area contributed by atoms with Crippen LogP contribution < -0.4 is 0 Å². The molecular formula is C10H8F3NO. The Hall–Kier alpha value is -1.39. The third-order valence-electron chi connectivity index (χ3n) is 2.39. The summed E-state index contributed by atoms with van der Waals surface area (Å²) in [6.45, 7) is 0. The van der Waals surface area contributed by atoms with Gasteiger partial charge in [-0.2, -0.15) is 13.2 Å². The minimum atomic E-state index is -4.41. The number of fused-ring (bicyclic) bond motifs is 1. The lowest BCUT2D eigenvalue weighted by atomic mass is 9.95. The zero-order valence-corrected chi connectivity index (χ0v) is 7.77. The summed E-state index contributed by atoms with van der Waals surface area (Å²) in [5.41, 5.74) is 0.152. The molecule has 15 heavy (non-hydrogen) atoms. The molecule has 5 heteroatoms. The smallest absolute Gasteiger partial charge is 0.299 e. The van der Waals surface area contributed by atoms with Crippen molar-refractivity contribution in [1.29, 1.82) is 0 Å². The minimum Gasteiger partial charge on any atom is -0.299 e. The first-order valence-electron chi connectivity index (χ1n) is 4.54. The summed E-state index contributed by atoms with van der Waals surface area (Å²) in [6, 6.07) is 2.28. The number of nitrogens with zero attached hydrogens (tertiary/aromatic N) is 1. The topological polar surface area (TPSA) is 30.0 Å². The van der Waals surface area contributed by atoms with Gasteiger partial charge in [0, 0.05) is 18.5 Å². The Morgan fingerprint density at radius 3 is 2.60 bits per heavy atom. The van der Waals surface area contributed by atoms with Gasteiger partial charge >= 0.3 is 6.18 Å². The van der Waals surface area contributed by atoms with E-state index >= 15 is 0 Å². The highest BCUT2D eigenvalue weighted by Crippen LogP contribution is 2.29. The fourth-order valence-electron chi connectivity index (χ4n) is 1.62. The van der Waals surface area contributed by atoms with E-state index in [1.807, 2.05) is 0 Å². The van der Waals surface area contributed by atoms with E-state index in [0.29, 0.717) is 24.1 Å². The number of alkyl halides is 3. The summed E-state index contributed by atoms with van der Waals surface area (Å²) in [5.74, 6) is 0.0593. The number of carbonyl (C=O) groups is 1. The second-order valence-electron chi connectivity index (χ2n) is 3.52. The Balaban J connectivity index is 2.39. The molecule has 0 spiro atoms. The Morgan fingerprint density at radius 2 is 1.93 bits per heavy atom. The zero-order valence-electron chi connectivity index (χ0n) is 7.77. The van der Waals surface area contributed by atoms with E-state index in [4.69, 9.17) is 0 Å². The number of aromatic nitrogens is 1. The molecule has 0 aromatic carbocycles. The molecule has 0 saturated heterocycles. The minimum absolute atomic E-state index is 0.0593. The fourth-order valence-corrected chi connectivity index (χ4v) is 1.62. The van der Waals surface area contributed by atoms with Crippen LogP contribution in [-0.4, -0.2) is 10.8 Å². The normalized spacial score (nSPS) is 16.3. The van der Waals surface area contributed by atoms with Crippen molar-refractivity contribution in [2.75, 3.05) is 0 Å². The summed E-state index contributed by atoms with van der Waals surface area (Å²) >= 11 is 0. The Bertz CT molecular complexity index is 412. The van der Waals surface area contributed by atoms with Crippen molar-refractivity contribution in [3.63, 3.8) is 0 Å².